The molecule has 0 amide bonds. The van der Waals surface area contributed by atoms with E-state index in [1.807, 2.05) is 0 Å². The monoisotopic (exact) mass is 337 g/mol. The van der Waals surface area contributed by atoms with Gasteiger partial charge in [-0.2, -0.15) is 13.2 Å². The maximum absolute atomic E-state index is 12.6. The zero-order valence-corrected chi connectivity index (χ0v) is 14.2. The number of pyridine rings is 1. The Labute approximate surface area is 142 Å². The Kier molecular flexibility index (Phi) is 4.37. The van der Waals surface area contributed by atoms with Crippen LogP contribution >= 0.6 is 0 Å². The first kappa shape index (κ1) is 17.6. The summed E-state index contributed by atoms with van der Waals surface area (Å²) in [5.41, 5.74) is -1.31. The molecule has 130 valence electrons. The molecule has 2 radical (unpaired) electrons. The standard InChI is InChI=1S/C18H23BF3NO/c1-3-4-5-6-13-9-16(13)11-17(19,12(16)2)24-15-8-7-14(10-23-15)18(20,21)22/h7-8,10,12-13H,3-6,9,11H2,1-2H3. The first-order valence-electron chi connectivity index (χ1n) is 8.72. The number of hydrogen-bond acceptors (Lipinski definition) is 2. The van der Waals surface area contributed by atoms with Gasteiger partial charge in [-0.3, -0.25) is 0 Å². The van der Waals surface area contributed by atoms with Crippen molar-refractivity contribution in [1.82, 2.24) is 4.98 Å². The topological polar surface area (TPSA) is 22.1 Å². The smallest absolute Gasteiger partial charge is 0.417 e. The Hall–Kier alpha value is -1.20. The lowest BCUT2D eigenvalue weighted by Gasteiger charge is -2.53. The summed E-state index contributed by atoms with van der Waals surface area (Å²) >= 11 is 0. The van der Waals surface area contributed by atoms with Gasteiger partial charge in [0, 0.05) is 12.3 Å². The van der Waals surface area contributed by atoms with Gasteiger partial charge in [0.15, 0.2) is 0 Å². The molecule has 1 aromatic heterocycles. The van der Waals surface area contributed by atoms with Gasteiger partial charge in [-0.25, -0.2) is 4.98 Å². The molecule has 6 heteroatoms. The second-order valence-corrected chi connectivity index (χ2v) is 7.47. The van der Waals surface area contributed by atoms with Crippen LogP contribution in [0.5, 0.6) is 5.88 Å². The lowest BCUT2D eigenvalue weighted by molar-refractivity contribution is -0.137. The van der Waals surface area contributed by atoms with Gasteiger partial charge in [0.05, 0.1) is 11.1 Å². The van der Waals surface area contributed by atoms with Crippen molar-refractivity contribution in [3.8, 4) is 5.88 Å². The zero-order valence-electron chi connectivity index (χ0n) is 14.2. The number of unbranched alkanes of at least 4 members (excludes halogenated alkanes) is 2. The predicted molar refractivity (Wildman–Crippen MR) is 86.8 cm³/mol. The molecule has 0 aliphatic heterocycles. The Morgan fingerprint density at radius 2 is 2.08 bits per heavy atom. The number of aromatic nitrogens is 1. The largest absolute Gasteiger partial charge is 0.481 e. The van der Waals surface area contributed by atoms with Gasteiger partial charge in [0.25, 0.3) is 0 Å². The first-order valence-corrected chi connectivity index (χ1v) is 8.72. The Morgan fingerprint density at radius 3 is 2.62 bits per heavy atom. The van der Waals surface area contributed by atoms with E-state index < -0.39 is 17.2 Å². The summed E-state index contributed by atoms with van der Waals surface area (Å²) in [7, 11) is 6.35. The van der Waals surface area contributed by atoms with Crippen molar-refractivity contribution in [3.63, 3.8) is 0 Å². The Bertz CT molecular complexity index is 591. The average molecular weight is 337 g/mol. The minimum absolute atomic E-state index is 0.162. The Morgan fingerprint density at radius 1 is 1.33 bits per heavy atom. The third-order valence-electron chi connectivity index (χ3n) is 5.99. The van der Waals surface area contributed by atoms with Gasteiger partial charge in [-0.15, -0.1) is 0 Å². The summed E-state index contributed by atoms with van der Waals surface area (Å²) in [6, 6.07) is 2.23. The molecule has 2 saturated carbocycles. The number of alkyl halides is 3. The number of hydrogen-bond donors (Lipinski definition) is 0. The van der Waals surface area contributed by atoms with E-state index in [4.69, 9.17) is 12.6 Å². The van der Waals surface area contributed by atoms with Gasteiger partial charge >= 0.3 is 6.18 Å². The van der Waals surface area contributed by atoms with Crippen molar-refractivity contribution in [2.45, 2.75) is 64.0 Å². The molecular weight excluding hydrogens is 314 g/mol. The minimum Gasteiger partial charge on any atom is -0.481 e. The summed E-state index contributed by atoms with van der Waals surface area (Å²) in [6.07, 6.45) is 3.35. The fraction of sp³-hybridized carbons (Fsp3) is 0.722. The molecule has 0 saturated heterocycles. The molecule has 0 N–H and O–H groups in total. The SMILES string of the molecule is [B]C1(Oc2ccc(C(F)(F)F)cn2)CC2(CC2CCCCC)C1C. The second kappa shape index (κ2) is 5.96. The van der Waals surface area contributed by atoms with Crippen LogP contribution in [0.2, 0.25) is 0 Å². The van der Waals surface area contributed by atoms with E-state index in [9.17, 15) is 13.2 Å². The zero-order chi connectivity index (χ0) is 17.6. The third-order valence-corrected chi connectivity index (χ3v) is 5.99. The molecule has 2 aliphatic carbocycles. The van der Waals surface area contributed by atoms with Crippen LogP contribution in [-0.2, 0) is 6.18 Å². The van der Waals surface area contributed by atoms with Crippen molar-refractivity contribution in [3.05, 3.63) is 23.9 Å². The fourth-order valence-corrected chi connectivity index (χ4v) is 4.28. The molecule has 2 aliphatic rings. The van der Waals surface area contributed by atoms with Crippen molar-refractivity contribution >= 4 is 7.85 Å². The van der Waals surface area contributed by atoms with Crippen LogP contribution < -0.4 is 4.74 Å². The molecule has 4 atom stereocenters. The molecule has 2 fully saturated rings. The van der Waals surface area contributed by atoms with Crippen LogP contribution in [0.1, 0.15) is 57.9 Å². The summed E-state index contributed by atoms with van der Waals surface area (Å²) in [6.45, 7) is 4.29. The molecule has 2 nitrogen and oxygen atoms in total. The molecule has 24 heavy (non-hydrogen) atoms. The number of nitrogens with zero attached hydrogens (tertiary/aromatic N) is 1. The van der Waals surface area contributed by atoms with E-state index in [0.717, 1.165) is 24.6 Å². The molecular formula is C18H23BF3NO. The summed E-state index contributed by atoms with van der Waals surface area (Å²) in [5, 5.41) is 0. The maximum atomic E-state index is 12.6. The molecule has 1 spiro atoms. The van der Waals surface area contributed by atoms with Gasteiger partial charge in [-0.1, -0.05) is 33.1 Å². The van der Waals surface area contributed by atoms with Gasteiger partial charge in [-0.05, 0) is 42.6 Å². The highest BCUT2D eigenvalue weighted by atomic mass is 19.4. The maximum Gasteiger partial charge on any atom is 0.417 e. The van der Waals surface area contributed by atoms with Crippen LogP contribution in [0.25, 0.3) is 0 Å². The van der Waals surface area contributed by atoms with Crippen LogP contribution in [0.4, 0.5) is 13.2 Å². The highest BCUT2D eigenvalue weighted by molar-refractivity contribution is 6.16. The summed E-state index contributed by atoms with van der Waals surface area (Å²) in [5.74, 6) is 1.08. The van der Waals surface area contributed by atoms with E-state index in [1.54, 1.807) is 0 Å². The molecule has 1 aromatic rings. The van der Waals surface area contributed by atoms with E-state index in [2.05, 4.69) is 18.8 Å². The van der Waals surface area contributed by atoms with E-state index in [0.29, 0.717) is 0 Å². The summed E-state index contributed by atoms with van der Waals surface area (Å²) in [4.78, 5) is 3.77. The molecule has 0 bridgehead atoms. The number of halogens is 3. The van der Waals surface area contributed by atoms with Gasteiger partial charge < -0.3 is 4.74 Å². The molecule has 3 rings (SSSR count). The lowest BCUT2D eigenvalue weighted by atomic mass is 9.49. The van der Waals surface area contributed by atoms with E-state index >= 15 is 0 Å². The van der Waals surface area contributed by atoms with Crippen LogP contribution in [0.15, 0.2) is 18.3 Å². The molecule has 1 heterocycles. The number of rotatable bonds is 6. The highest BCUT2D eigenvalue weighted by Crippen LogP contribution is 2.73. The van der Waals surface area contributed by atoms with Crippen molar-refractivity contribution < 1.29 is 17.9 Å². The van der Waals surface area contributed by atoms with Crippen molar-refractivity contribution in [2.24, 2.45) is 17.3 Å². The van der Waals surface area contributed by atoms with Crippen LogP contribution in [0.3, 0.4) is 0 Å². The second-order valence-electron chi connectivity index (χ2n) is 7.47. The lowest BCUT2D eigenvalue weighted by Crippen LogP contribution is -2.59. The van der Waals surface area contributed by atoms with Gasteiger partial charge in [0.2, 0.25) is 5.88 Å². The first-order chi connectivity index (χ1) is 11.2. The quantitative estimate of drug-likeness (QED) is 0.540. The average Bonchev–Trinajstić information content (AvgIpc) is 3.22. The van der Waals surface area contributed by atoms with E-state index in [1.165, 1.54) is 38.2 Å². The number of ether oxygens (including phenoxy) is 1. The van der Waals surface area contributed by atoms with Gasteiger partial charge in [0.1, 0.15) is 7.85 Å². The molecule has 4 unspecified atom stereocenters. The van der Waals surface area contributed by atoms with Crippen LogP contribution in [-0.4, -0.2) is 18.3 Å². The fourth-order valence-electron chi connectivity index (χ4n) is 4.28. The molecule has 0 aromatic carbocycles. The predicted octanol–water partition coefficient (Wildman–Crippen LogP) is 4.97. The Balaban J connectivity index is 1.57. The highest BCUT2D eigenvalue weighted by Gasteiger charge is 2.70. The minimum atomic E-state index is -4.39. The van der Waals surface area contributed by atoms with Crippen molar-refractivity contribution in [2.75, 3.05) is 0 Å². The van der Waals surface area contributed by atoms with Crippen molar-refractivity contribution in [1.29, 1.82) is 0 Å². The summed E-state index contributed by atoms with van der Waals surface area (Å²) < 4.78 is 43.5. The van der Waals surface area contributed by atoms with E-state index in [-0.39, 0.29) is 17.2 Å². The van der Waals surface area contributed by atoms with Crippen LogP contribution in [0, 0.1) is 17.3 Å². The normalized spacial score (nSPS) is 34.9. The third kappa shape index (κ3) is 3.04.